The average molecular weight is 399 g/mol. The largest absolute Gasteiger partial charge is 0.352 e. The molecule has 0 unspecified atom stereocenters. The van der Waals surface area contributed by atoms with Crippen LogP contribution in [0.4, 0.5) is 4.39 Å². The van der Waals surface area contributed by atoms with Crippen LogP contribution in [0, 0.1) is 12.7 Å². The minimum atomic E-state index is -0.562. The van der Waals surface area contributed by atoms with Crippen molar-refractivity contribution in [2.45, 2.75) is 65.6 Å². The number of nitrogens with zero attached hydrogens (tertiary/aromatic N) is 1. The highest BCUT2D eigenvalue weighted by Gasteiger charge is 2.28. The van der Waals surface area contributed by atoms with E-state index in [9.17, 15) is 14.0 Å². The van der Waals surface area contributed by atoms with E-state index in [0.29, 0.717) is 19.3 Å². The van der Waals surface area contributed by atoms with Crippen LogP contribution in [0.1, 0.15) is 50.3 Å². The molecule has 0 aliphatic carbocycles. The number of nitrogens with one attached hydrogen (secondary N) is 1. The third kappa shape index (κ3) is 7.00. The summed E-state index contributed by atoms with van der Waals surface area (Å²) in [7, 11) is 0. The van der Waals surface area contributed by atoms with E-state index in [4.69, 9.17) is 0 Å². The van der Waals surface area contributed by atoms with Gasteiger partial charge in [-0.25, -0.2) is 4.39 Å². The van der Waals surface area contributed by atoms with Gasteiger partial charge in [-0.05, 0) is 56.9 Å². The minimum Gasteiger partial charge on any atom is -0.352 e. The molecule has 0 aliphatic rings. The molecule has 29 heavy (non-hydrogen) atoms. The third-order valence-corrected chi connectivity index (χ3v) is 4.83. The van der Waals surface area contributed by atoms with E-state index < -0.39 is 6.04 Å². The normalized spacial score (nSPS) is 11.9. The Morgan fingerprint density at radius 1 is 1.00 bits per heavy atom. The Morgan fingerprint density at radius 2 is 1.59 bits per heavy atom. The van der Waals surface area contributed by atoms with E-state index in [2.05, 4.69) is 5.32 Å². The van der Waals surface area contributed by atoms with Crippen molar-refractivity contribution >= 4 is 11.8 Å². The van der Waals surface area contributed by atoms with Gasteiger partial charge in [-0.3, -0.25) is 9.59 Å². The molecule has 2 amide bonds. The lowest BCUT2D eigenvalue weighted by Crippen LogP contribution is -2.50. The first-order chi connectivity index (χ1) is 13.8. The molecule has 2 aromatic carbocycles. The van der Waals surface area contributed by atoms with E-state index in [-0.39, 0.29) is 30.2 Å². The topological polar surface area (TPSA) is 49.4 Å². The fourth-order valence-electron chi connectivity index (χ4n) is 3.24. The molecule has 0 saturated carbocycles. The predicted octanol–water partition coefficient (Wildman–Crippen LogP) is 4.40. The molecule has 0 bridgehead atoms. The van der Waals surface area contributed by atoms with Gasteiger partial charge in [0.1, 0.15) is 11.9 Å². The van der Waals surface area contributed by atoms with Gasteiger partial charge >= 0.3 is 0 Å². The first kappa shape index (κ1) is 22.6. The second-order valence-corrected chi connectivity index (χ2v) is 7.72. The van der Waals surface area contributed by atoms with Gasteiger partial charge < -0.3 is 10.2 Å². The van der Waals surface area contributed by atoms with Gasteiger partial charge in [-0.2, -0.15) is 0 Å². The molecular formula is C24H31FN2O2. The van der Waals surface area contributed by atoms with Crippen LogP contribution >= 0.6 is 0 Å². The Hall–Kier alpha value is -2.69. The lowest BCUT2D eigenvalue weighted by atomic mass is 10.0. The van der Waals surface area contributed by atoms with Gasteiger partial charge in [0, 0.05) is 19.0 Å². The van der Waals surface area contributed by atoms with Crippen LogP contribution in [-0.2, 0) is 22.6 Å². The summed E-state index contributed by atoms with van der Waals surface area (Å²) in [6.45, 7) is 7.99. The highest BCUT2D eigenvalue weighted by Crippen LogP contribution is 2.16. The number of hydrogen-bond donors (Lipinski definition) is 1. The Kier molecular flexibility index (Phi) is 8.37. The van der Waals surface area contributed by atoms with E-state index in [1.165, 1.54) is 17.7 Å². The maximum Gasteiger partial charge on any atom is 0.243 e. The highest BCUT2D eigenvalue weighted by molar-refractivity contribution is 5.87. The number of rotatable bonds is 9. The first-order valence-electron chi connectivity index (χ1n) is 10.2. The average Bonchev–Trinajstić information content (AvgIpc) is 2.68. The van der Waals surface area contributed by atoms with E-state index in [1.807, 2.05) is 52.0 Å². The van der Waals surface area contributed by atoms with Crippen molar-refractivity contribution in [3.63, 3.8) is 0 Å². The fourth-order valence-corrected chi connectivity index (χ4v) is 3.24. The molecule has 2 rings (SSSR count). The lowest BCUT2D eigenvalue weighted by Gasteiger charge is -2.31. The van der Waals surface area contributed by atoms with Crippen LogP contribution < -0.4 is 5.32 Å². The van der Waals surface area contributed by atoms with Gasteiger partial charge in [0.15, 0.2) is 0 Å². The van der Waals surface area contributed by atoms with Gasteiger partial charge in [0.25, 0.3) is 0 Å². The van der Waals surface area contributed by atoms with Crippen molar-refractivity contribution in [2.24, 2.45) is 0 Å². The minimum absolute atomic E-state index is 0.00752. The summed E-state index contributed by atoms with van der Waals surface area (Å²) in [5.41, 5.74) is 3.06. The Labute approximate surface area is 173 Å². The highest BCUT2D eigenvalue weighted by atomic mass is 19.1. The fraction of sp³-hybridized carbons (Fsp3) is 0.417. The van der Waals surface area contributed by atoms with Crippen molar-refractivity contribution < 1.29 is 14.0 Å². The molecular weight excluding hydrogens is 367 g/mol. The summed E-state index contributed by atoms with van der Waals surface area (Å²) in [4.78, 5) is 27.5. The number of aryl methyl sites for hydroxylation is 2. The third-order valence-electron chi connectivity index (χ3n) is 4.83. The van der Waals surface area contributed by atoms with Crippen molar-refractivity contribution in [3.8, 4) is 0 Å². The van der Waals surface area contributed by atoms with Crippen molar-refractivity contribution in [1.29, 1.82) is 0 Å². The zero-order valence-corrected chi connectivity index (χ0v) is 17.7. The van der Waals surface area contributed by atoms with Crippen LogP contribution in [0.3, 0.4) is 0 Å². The number of carbonyl (C=O) groups is 2. The number of benzene rings is 2. The summed E-state index contributed by atoms with van der Waals surface area (Å²) in [5.74, 6) is -0.565. The van der Waals surface area contributed by atoms with E-state index in [1.54, 1.807) is 17.0 Å². The summed E-state index contributed by atoms with van der Waals surface area (Å²) in [5, 5.41) is 2.91. The lowest BCUT2D eigenvalue weighted by molar-refractivity contribution is -0.141. The molecule has 0 heterocycles. The molecule has 0 aromatic heterocycles. The molecule has 0 aliphatic heterocycles. The summed E-state index contributed by atoms with van der Waals surface area (Å²) in [6, 6.07) is 13.6. The van der Waals surface area contributed by atoms with Crippen LogP contribution in [0.15, 0.2) is 48.5 Å². The summed E-state index contributed by atoms with van der Waals surface area (Å²) in [6.07, 6.45) is 1.44. The second kappa shape index (κ2) is 10.7. The molecule has 0 fully saturated rings. The monoisotopic (exact) mass is 398 g/mol. The maximum absolute atomic E-state index is 13.3. The number of halogens is 1. The van der Waals surface area contributed by atoms with Crippen LogP contribution in [0.5, 0.6) is 0 Å². The Balaban J connectivity index is 2.18. The van der Waals surface area contributed by atoms with E-state index in [0.717, 1.165) is 11.1 Å². The predicted molar refractivity (Wildman–Crippen MR) is 114 cm³/mol. The van der Waals surface area contributed by atoms with E-state index >= 15 is 0 Å². The van der Waals surface area contributed by atoms with Gasteiger partial charge in [-0.1, -0.05) is 48.9 Å². The zero-order chi connectivity index (χ0) is 21.4. The molecule has 1 N–H and O–H groups in total. The molecule has 156 valence electrons. The number of hydrogen-bond acceptors (Lipinski definition) is 2. The molecule has 2 aromatic rings. The summed E-state index contributed by atoms with van der Waals surface area (Å²) >= 11 is 0. The van der Waals surface area contributed by atoms with Crippen LogP contribution in [0.25, 0.3) is 0 Å². The first-order valence-corrected chi connectivity index (χ1v) is 10.2. The molecule has 1 atom stereocenters. The van der Waals surface area contributed by atoms with Gasteiger partial charge in [0.2, 0.25) is 11.8 Å². The van der Waals surface area contributed by atoms with Crippen molar-refractivity contribution in [3.05, 3.63) is 71.0 Å². The summed E-state index contributed by atoms with van der Waals surface area (Å²) < 4.78 is 13.3. The maximum atomic E-state index is 13.3. The number of carbonyl (C=O) groups excluding carboxylic acids is 2. The van der Waals surface area contributed by atoms with Gasteiger partial charge in [-0.15, -0.1) is 0 Å². The molecule has 0 spiro atoms. The number of amides is 2. The zero-order valence-electron chi connectivity index (χ0n) is 17.7. The van der Waals surface area contributed by atoms with Crippen LogP contribution in [0.2, 0.25) is 0 Å². The molecule has 5 heteroatoms. The van der Waals surface area contributed by atoms with Crippen LogP contribution in [-0.4, -0.2) is 28.8 Å². The Bertz CT molecular complexity index is 801. The molecule has 0 saturated heterocycles. The van der Waals surface area contributed by atoms with Crippen molar-refractivity contribution in [2.75, 3.05) is 0 Å². The Morgan fingerprint density at radius 3 is 2.14 bits per heavy atom. The second-order valence-electron chi connectivity index (χ2n) is 7.72. The molecule has 4 nitrogen and oxygen atoms in total. The standard InChI is InChI=1S/C24H31FN2O2/c1-5-22(24(29)26-17(2)3)27(16-20-10-13-21(25)14-11-20)23(28)15-12-19-8-6-18(4)7-9-19/h6-11,13-14,17,22H,5,12,15-16H2,1-4H3,(H,26,29)/t22-/m1/s1. The molecule has 0 radical (unpaired) electrons. The quantitative estimate of drug-likeness (QED) is 0.681. The SMILES string of the molecule is CC[C@H](C(=O)NC(C)C)N(Cc1ccc(F)cc1)C(=O)CCc1ccc(C)cc1. The van der Waals surface area contributed by atoms with Gasteiger partial charge in [0.05, 0.1) is 0 Å². The van der Waals surface area contributed by atoms with Crippen molar-refractivity contribution in [1.82, 2.24) is 10.2 Å². The smallest absolute Gasteiger partial charge is 0.243 e.